The van der Waals surface area contributed by atoms with Crippen LogP contribution in [0.2, 0.25) is 5.02 Å². The van der Waals surface area contributed by atoms with Gasteiger partial charge in [0, 0.05) is 16.5 Å². The Bertz CT molecular complexity index is 1100. The molecule has 0 aliphatic rings. The maximum atomic E-state index is 11.6. The van der Waals surface area contributed by atoms with Gasteiger partial charge >= 0.3 is 5.69 Å². The van der Waals surface area contributed by atoms with Crippen molar-refractivity contribution >= 4 is 23.0 Å². The molecule has 0 spiro atoms. The number of hydrogen-bond acceptors (Lipinski definition) is 8. The number of aromatic nitrogens is 3. The fraction of sp³-hybridized carbons (Fsp3) is 0.300. The van der Waals surface area contributed by atoms with E-state index < -0.39 is 39.0 Å². The molecule has 0 saturated carbocycles. The first-order valence-electron chi connectivity index (χ1n) is 9.42. The van der Waals surface area contributed by atoms with Gasteiger partial charge in [-0.3, -0.25) is 20.2 Å². The molecule has 3 aromatic rings. The summed E-state index contributed by atoms with van der Waals surface area (Å²) in [6, 6.07) is 9.86. The Balaban J connectivity index is 2.04. The van der Waals surface area contributed by atoms with Gasteiger partial charge in [0.1, 0.15) is 18.4 Å². The van der Waals surface area contributed by atoms with Crippen molar-refractivity contribution in [2.45, 2.75) is 33.1 Å². The van der Waals surface area contributed by atoms with Gasteiger partial charge in [-0.15, -0.1) is 0 Å². The van der Waals surface area contributed by atoms with Gasteiger partial charge in [-0.2, -0.15) is 5.10 Å². The summed E-state index contributed by atoms with van der Waals surface area (Å²) in [4.78, 5) is 25.2. The summed E-state index contributed by atoms with van der Waals surface area (Å²) in [5.74, 6) is 0.330. The van der Waals surface area contributed by atoms with Gasteiger partial charge in [0.25, 0.3) is 5.69 Å². The lowest BCUT2D eigenvalue weighted by Crippen LogP contribution is -2.43. The highest BCUT2D eigenvalue weighted by atomic mass is 35.5. The summed E-state index contributed by atoms with van der Waals surface area (Å²) in [5, 5.41) is 27.3. The lowest BCUT2D eigenvalue weighted by molar-refractivity contribution is -0.395. The van der Waals surface area contributed by atoms with Crippen LogP contribution >= 0.6 is 11.6 Å². The van der Waals surface area contributed by atoms with E-state index in [1.54, 1.807) is 24.3 Å². The molecule has 1 heterocycles. The number of nitro groups is 2. The first kappa shape index (κ1) is 22.9. The van der Waals surface area contributed by atoms with E-state index in [0.29, 0.717) is 10.8 Å². The van der Waals surface area contributed by atoms with Crippen LogP contribution < -0.4 is 9.47 Å². The molecule has 2 atom stereocenters. The predicted molar refractivity (Wildman–Crippen MR) is 115 cm³/mol. The smallest absolute Gasteiger partial charge is 0.317 e. The topological polar surface area (TPSA) is 135 Å². The second-order valence-corrected chi connectivity index (χ2v) is 8.34. The highest BCUT2D eigenvalue weighted by Gasteiger charge is 2.39. The van der Waals surface area contributed by atoms with E-state index in [0.717, 1.165) is 12.1 Å². The highest BCUT2D eigenvalue weighted by Crippen LogP contribution is 2.38. The van der Waals surface area contributed by atoms with E-state index in [1.807, 2.05) is 20.8 Å². The van der Waals surface area contributed by atoms with Crippen LogP contribution in [0.4, 0.5) is 11.4 Å². The minimum atomic E-state index is -0.881. The molecule has 2 unspecified atom stereocenters. The van der Waals surface area contributed by atoms with E-state index in [4.69, 9.17) is 21.1 Å². The molecule has 3 rings (SSSR count). The molecule has 0 fully saturated rings. The van der Waals surface area contributed by atoms with Crippen LogP contribution in [0.15, 0.2) is 55.1 Å². The number of nitrogens with zero attached hydrogens (tertiary/aromatic N) is 5. The minimum absolute atomic E-state index is 0.134. The Kier molecular flexibility index (Phi) is 6.58. The van der Waals surface area contributed by atoms with Gasteiger partial charge in [-0.1, -0.05) is 32.4 Å². The molecule has 0 radical (unpaired) electrons. The van der Waals surface area contributed by atoms with E-state index in [-0.39, 0.29) is 5.75 Å². The largest absolute Gasteiger partial charge is 0.477 e. The van der Waals surface area contributed by atoms with Crippen LogP contribution in [0.5, 0.6) is 11.5 Å². The quantitative estimate of drug-likeness (QED) is 0.344. The van der Waals surface area contributed by atoms with Crippen LogP contribution in [-0.4, -0.2) is 30.7 Å². The van der Waals surface area contributed by atoms with Gasteiger partial charge in [-0.05, 0) is 30.3 Å². The number of nitro benzene ring substituents is 2. The van der Waals surface area contributed by atoms with E-state index in [9.17, 15) is 20.2 Å². The van der Waals surface area contributed by atoms with E-state index >= 15 is 0 Å². The Hall–Kier alpha value is -3.73. The lowest BCUT2D eigenvalue weighted by atomic mass is 9.87. The molecule has 0 bridgehead atoms. The fourth-order valence-corrected chi connectivity index (χ4v) is 3.04. The maximum Gasteiger partial charge on any atom is 0.317 e. The SMILES string of the molecule is CC(C)(C)C(Oc1ccc([N+](=O)[O-])cc1[N+](=O)[O-])C(Oc1ccc(Cl)cc1)n1cncn1. The molecule has 168 valence electrons. The lowest BCUT2D eigenvalue weighted by Gasteiger charge is -2.36. The first-order chi connectivity index (χ1) is 15.1. The molecule has 0 aliphatic heterocycles. The minimum Gasteiger partial charge on any atom is -0.477 e. The van der Waals surface area contributed by atoms with Crippen molar-refractivity contribution in [2.75, 3.05) is 0 Å². The molecule has 0 saturated heterocycles. The Labute approximate surface area is 187 Å². The number of hydrogen-bond donors (Lipinski definition) is 0. The van der Waals surface area contributed by atoms with Crippen molar-refractivity contribution in [3.63, 3.8) is 0 Å². The standard InChI is InChI=1S/C20H20ClN5O6/c1-20(2,3)18(32-17-9-6-14(25(27)28)10-16(17)26(29)30)19(24-12-22-11-23-24)31-15-7-4-13(21)5-8-15/h4-12,18-19H,1-3H3. The monoisotopic (exact) mass is 461 g/mol. The molecule has 2 aromatic carbocycles. The molecular formula is C20H20ClN5O6. The molecule has 0 N–H and O–H groups in total. The number of benzene rings is 2. The number of rotatable bonds is 8. The van der Waals surface area contributed by atoms with E-state index in [2.05, 4.69) is 10.1 Å². The average molecular weight is 462 g/mol. The normalized spacial score (nSPS) is 13.2. The molecule has 32 heavy (non-hydrogen) atoms. The number of halogens is 1. The van der Waals surface area contributed by atoms with Crippen LogP contribution in [0.3, 0.4) is 0 Å². The van der Waals surface area contributed by atoms with Crippen LogP contribution in [0.1, 0.15) is 27.0 Å². The van der Waals surface area contributed by atoms with Gasteiger partial charge in [-0.25, -0.2) is 9.67 Å². The predicted octanol–water partition coefficient (Wildman–Crippen LogP) is 4.82. The molecule has 0 aliphatic carbocycles. The summed E-state index contributed by atoms with van der Waals surface area (Å²) < 4.78 is 13.7. The third-order valence-corrected chi connectivity index (χ3v) is 4.74. The summed E-state index contributed by atoms with van der Waals surface area (Å²) in [5.41, 5.74) is -1.56. The van der Waals surface area contributed by atoms with Crippen LogP contribution in [-0.2, 0) is 0 Å². The van der Waals surface area contributed by atoms with Crippen LogP contribution in [0.25, 0.3) is 0 Å². The Morgan fingerprint density at radius 3 is 2.25 bits per heavy atom. The average Bonchev–Trinajstić information content (AvgIpc) is 3.25. The van der Waals surface area contributed by atoms with Crippen molar-refractivity contribution in [1.82, 2.24) is 14.8 Å². The molecule has 1 aromatic heterocycles. The van der Waals surface area contributed by atoms with Crippen molar-refractivity contribution in [2.24, 2.45) is 5.41 Å². The zero-order chi connectivity index (χ0) is 23.5. The Morgan fingerprint density at radius 1 is 1.03 bits per heavy atom. The van der Waals surface area contributed by atoms with Gasteiger partial charge < -0.3 is 9.47 Å². The van der Waals surface area contributed by atoms with Crippen molar-refractivity contribution in [3.8, 4) is 11.5 Å². The molecular weight excluding hydrogens is 442 g/mol. The molecule has 12 heteroatoms. The summed E-state index contributed by atoms with van der Waals surface area (Å²) >= 11 is 5.95. The van der Waals surface area contributed by atoms with Gasteiger partial charge in [0.2, 0.25) is 6.23 Å². The third-order valence-electron chi connectivity index (χ3n) is 4.48. The summed E-state index contributed by atoms with van der Waals surface area (Å²) in [6.07, 6.45) is 1.06. The number of ether oxygens (including phenoxy) is 2. The second-order valence-electron chi connectivity index (χ2n) is 7.91. The summed E-state index contributed by atoms with van der Waals surface area (Å²) in [7, 11) is 0. The highest BCUT2D eigenvalue weighted by molar-refractivity contribution is 6.30. The van der Waals surface area contributed by atoms with Crippen molar-refractivity contribution in [1.29, 1.82) is 0 Å². The van der Waals surface area contributed by atoms with Crippen molar-refractivity contribution < 1.29 is 19.3 Å². The van der Waals surface area contributed by atoms with Crippen molar-refractivity contribution in [3.05, 3.63) is 80.4 Å². The van der Waals surface area contributed by atoms with Gasteiger partial charge in [0.15, 0.2) is 11.9 Å². The van der Waals surface area contributed by atoms with Crippen LogP contribution in [0, 0.1) is 25.6 Å². The summed E-state index contributed by atoms with van der Waals surface area (Å²) in [6.45, 7) is 5.60. The molecule has 0 amide bonds. The zero-order valence-electron chi connectivity index (χ0n) is 17.4. The Morgan fingerprint density at radius 2 is 1.72 bits per heavy atom. The zero-order valence-corrected chi connectivity index (χ0v) is 18.2. The molecule has 11 nitrogen and oxygen atoms in total. The first-order valence-corrected chi connectivity index (χ1v) is 9.80. The second kappa shape index (κ2) is 9.18. The third kappa shape index (κ3) is 5.30. The maximum absolute atomic E-state index is 11.6. The fourth-order valence-electron chi connectivity index (χ4n) is 2.92. The van der Waals surface area contributed by atoms with Gasteiger partial charge in [0.05, 0.1) is 15.9 Å². The van der Waals surface area contributed by atoms with E-state index in [1.165, 1.54) is 23.4 Å². The number of non-ortho nitro benzene ring substituents is 1.